The number of nitrogens with zero attached hydrogens (tertiary/aromatic N) is 2. The fourth-order valence-corrected chi connectivity index (χ4v) is 6.71. The number of esters is 1. The molecule has 1 aliphatic rings. The van der Waals surface area contributed by atoms with E-state index in [1.807, 2.05) is 25.3 Å². The number of thiophene rings is 1. The molecule has 5 aromatic rings. The fourth-order valence-electron chi connectivity index (χ4n) is 5.49. The number of fused-ring (bicyclic) bond motifs is 1. The predicted octanol–water partition coefficient (Wildman–Crippen LogP) is 8.99. The number of benzene rings is 3. The first-order valence-electron chi connectivity index (χ1n) is 13.9. The zero-order valence-electron chi connectivity index (χ0n) is 22.9. The van der Waals surface area contributed by atoms with Crippen LogP contribution in [0.3, 0.4) is 0 Å². The Kier molecular flexibility index (Phi) is 7.47. The van der Waals surface area contributed by atoms with Crippen LogP contribution in [0.1, 0.15) is 51.7 Å². The molecule has 0 saturated carbocycles. The summed E-state index contributed by atoms with van der Waals surface area (Å²) >= 11 is 1.64. The third kappa shape index (κ3) is 5.05. The summed E-state index contributed by atoms with van der Waals surface area (Å²) in [6.45, 7) is 4.31. The summed E-state index contributed by atoms with van der Waals surface area (Å²) in [5.41, 5.74) is 9.45. The molecule has 4 nitrogen and oxygen atoms in total. The standard InChI is InChI=1S/C35H32N2O2S/c1-3-39-35(38)32-29-16-10-11-17-31(29)40-34(32)36-23-27-22-30(25-12-6-4-7-13-25)37(28-20-18-24(2)19-21-28)33(27)26-14-8-5-9-15-26/h4-9,12-15,18-23H,3,10-11,16-17H2,1-2H3/b36-23+. The van der Waals surface area contributed by atoms with E-state index in [1.165, 1.54) is 10.4 Å². The van der Waals surface area contributed by atoms with Crippen LogP contribution in [0, 0.1) is 6.92 Å². The van der Waals surface area contributed by atoms with Gasteiger partial charge in [0.15, 0.2) is 0 Å². The lowest BCUT2D eigenvalue weighted by Gasteiger charge is -2.15. The van der Waals surface area contributed by atoms with Crippen molar-refractivity contribution in [1.29, 1.82) is 0 Å². The molecule has 2 heterocycles. The van der Waals surface area contributed by atoms with E-state index >= 15 is 0 Å². The Morgan fingerprint density at radius 3 is 2.30 bits per heavy atom. The number of aliphatic imine (C=N–C) groups is 1. The predicted molar refractivity (Wildman–Crippen MR) is 166 cm³/mol. The Hall–Kier alpha value is -4.22. The fraction of sp³-hybridized carbons (Fsp3) is 0.200. The Morgan fingerprint density at radius 1 is 0.925 bits per heavy atom. The van der Waals surface area contributed by atoms with E-state index in [9.17, 15) is 4.79 Å². The Balaban J connectivity index is 1.56. The smallest absolute Gasteiger partial charge is 0.341 e. The van der Waals surface area contributed by atoms with Crippen molar-refractivity contribution in [1.82, 2.24) is 4.57 Å². The summed E-state index contributed by atoms with van der Waals surface area (Å²) in [6, 6.07) is 31.7. The van der Waals surface area contributed by atoms with Gasteiger partial charge in [0.25, 0.3) is 0 Å². The number of aryl methyl sites for hydroxylation is 2. The number of hydrogen-bond donors (Lipinski definition) is 0. The molecule has 0 saturated heterocycles. The van der Waals surface area contributed by atoms with Crippen LogP contribution in [0.4, 0.5) is 5.00 Å². The number of aromatic nitrogens is 1. The second kappa shape index (κ2) is 11.5. The number of rotatable bonds is 7. The van der Waals surface area contributed by atoms with Crippen molar-refractivity contribution in [3.63, 3.8) is 0 Å². The van der Waals surface area contributed by atoms with E-state index in [4.69, 9.17) is 9.73 Å². The highest BCUT2D eigenvalue weighted by Crippen LogP contribution is 2.41. The van der Waals surface area contributed by atoms with Gasteiger partial charge in [0, 0.05) is 22.3 Å². The molecule has 0 radical (unpaired) electrons. The van der Waals surface area contributed by atoms with E-state index in [0.29, 0.717) is 12.2 Å². The van der Waals surface area contributed by atoms with Gasteiger partial charge in [-0.25, -0.2) is 9.79 Å². The molecule has 0 fully saturated rings. The van der Waals surface area contributed by atoms with Gasteiger partial charge in [-0.3, -0.25) is 0 Å². The SMILES string of the molecule is CCOC(=O)c1c(/N=C/c2cc(-c3ccccc3)n(-c3ccc(C)cc3)c2-c2ccccc2)sc2c1CCCC2. The molecule has 40 heavy (non-hydrogen) atoms. The van der Waals surface area contributed by atoms with E-state index in [0.717, 1.165) is 70.0 Å². The average Bonchev–Trinajstić information content (AvgIpc) is 3.56. The van der Waals surface area contributed by atoms with Crippen molar-refractivity contribution in [2.45, 2.75) is 39.5 Å². The summed E-state index contributed by atoms with van der Waals surface area (Å²) in [5, 5.41) is 0.744. The lowest BCUT2D eigenvalue weighted by Crippen LogP contribution is -2.09. The summed E-state index contributed by atoms with van der Waals surface area (Å²) in [5.74, 6) is -0.264. The molecule has 2 aromatic heterocycles. The molecule has 0 atom stereocenters. The van der Waals surface area contributed by atoms with Crippen LogP contribution < -0.4 is 0 Å². The van der Waals surface area contributed by atoms with Crippen LogP contribution in [0.15, 0.2) is 96.0 Å². The Bertz CT molecular complexity index is 1660. The number of carbonyl (C=O) groups excluding carboxylic acids is 1. The molecule has 0 bridgehead atoms. The molecular weight excluding hydrogens is 512 g/mol. The minimum atomic E-state index is -0.264. The molecule has 0 aliphatic heterocycles. The van der Waals surface area contributed by atoms with Crippen LogP contribution in [-0.4, -0.2) is 23.4 Å². The molecule has 0 spiro atoms. The number of carbonyl (C=O) groups is 1. The number of ether oxygens (including phenoxy) is 1. The van der Waals surface area contributed by atoms with Gasteiger partial charge in [-0.2, -0.15) is 0 Å². The molecular formula is C35H32N2O2S. The maximum absolute atomic E-state index is 13.1. The molecule has 200 valence electrons. The van der Waals surface area contributed by atoms with E-state index in [2.05, 4.69) is 90.4 Å². The van der Waals surface area contributed by atoms with Crippen LogP contribution in [-0.2, 0) is 17.6 Å². The zero-order valence-corrected chi connectivity index (χ0v) is 23.7. The monoisotopic (exact) mass is 544 g/mol. The molecule has 5 heteroatoms. The lowest BCUT2D eigenvalue weighted by atomic mass is 9.95. The first-order valence-corrected chi connectivity index (χ1v) is 14.7. The summed E-state index contributed by atoms with van der Waals surface area (Å²) in [7, 11) is 0. The van der Waals surface area contributed by atoms with Crippen LogP contribution >= 0.6 is 11.3 Å². The van der Waals surface area contributed by atoms with Crippen molar-refractivity contribution < 1.29 is 9.53 Å². The lowest BCUT2D eigenvalue weighted by molar-refractivity contribution is 0.0526. The quantitative estimate of drug-likeness (QED) is 0.152. The molecule has 6 rings (SSSR count). The van der Waals surface area contributed by atoms with Gasteiger partial charge >= 0.3 is 5.97 Å². The first-order chi connectivity index (χ1) is 19.6. The van der Waals surface area contributed by atoms with Gasteiger partial charge < -0.3 is 9.30 Å². The zero-order chi connectivity index (χ0) is 27.5. The van der Waals surface area contributed by atoms with Crippen molar-refractivity contribution in [2.75, 3.05) is 6.61 Å². The number of hydrogen-bond acceptors (Lipinski definition) is 4. The maximum atomic E-state index is 13.1. The minimum Gasteiger partial charge on any atom is -0.462 e. The van der Waals surface area contributed by atoms with Gasteiger partial charge in [-0.05, 0) is 74.4 Å². The van der Waals surface area contributed by atoms with Gasteiger partial charge in [0.2, 0.25) is 0 Å². The first kappa shape index (κ1) is 26.0. The van der Waals surface area contributed by atoms with Gasteiger partial charge in [-0.1, -0.05) is 78.4 Å². The van der Waals surface area contributed by atoms with Gasteiger partial charge in [0.1, 0.15) is 5.00 Å². The second-order valence-electron chi connectivity index (χ2n) is 10.1. The minimum absolute atomic E-state index is 0.264. The normalized spacial score (nSPS) is 12.9. The summed E-state index contributed by atoms with van der Waals surface area (Å²) < 4.78 is 7.79. The Labute approximate surface area is 239 Å². The van der Waals surface area contributed by atoms with Crippen molar-refractivity contribution in [2.24, 2.45) is 4.99 Å². The maximum Gasteiger partial charge on any atom is 0.341 e. The third-order valence-corrected chi connectivity index (χ3v) is 8.59. The molecule has 0 N–H and O–H groups in total. The van der Waals surface area contributed by atoms with Crippen LogP contribution in [0.25, 0.3) is 28.2 Å². The van der Waals surface area contributed by atoms with Crippen LogP contribution in [0.5, 0.6) is 0 Å². The molecule has 0 amide bonds. The molecule has 0 unspecified atom stereocenters. The summed E-state index contributed by atoms with van der Waals surface area (Å²) in [4.78, 5) is 19.3. The molecule has 1 aliphatic carbocycles. The van der Waals surface area contributed by atoms with Crippen molar-refractivity contribution in [3.05, 3.63) is 118 Å². The largest absolute Gasteiger partial charge is 0.462 e. The van der Waals surface area contributed by atoms with Crippen molar-refractivity contribution in [3.8, 4) is 28.2 Å². The third-order valence-electron chi connectivity index (χ3n) is 7.39. The van der Waals surface area contributed by atoms with Gasteiger partial charge in [0.05, 0.1) is 23.6 Å². The summed E-state index contributed by atoms with van der Waals surface area (Å²) in [6.07, 6.45) is 6.08. The highest BCUT2D eigenvalue weighted by atomic mass is 32.1. The Morgan fingerprint density at radius 2 is 1.60 bits per heavy atom. The van der Waals surface area contributed by atoms with Crippen LogP contribution in [0.2, 0.25) is 0 Å². The van der Waals surface area contributed by atoms with E-state index < -0.39 is 0 Å². The molecule has 3 aromatic carbocycles. The highest BCUT2D eigenvalue weighted by molar-refractivity contribution is 7.16. The van der Waals surface area contributed by atoms with E-state index in [1.54, 1.807) is 11.3 Å². The van der Waals surface area contributed by atoms with Gasteiger partial charge in [-0.15, -0.1) is 11.3 Å². The van der Waals surface area contributed by atoms with E-state index in [-0.39, 0.29) is 5.97 Å². The average molecular weight is 545 g/mol. The highest BCUT2D eigenvalue weighted by Gasteiger charge is 2.26. The van der Waals surface area contributed by atoms with Crippen molar-refractivity contribution >= 4 is 28.5 Å². The topological polar surface area (TPSA) is 43.6 Å². The second-order valence-corrected chi connectivity index (χ2v) is 11.2.